The van der Waals surface area contributed by atoms with E-state index in [0.29, 0.717) is 0 Å². The summed E-state index contributed by atoms with van der Waals surface area (Å²) in [7, 11) is -0.511. The van der Waals surface area contributed by atoms with Crippen LogP contribution in [0.1, 0.15) is 11.1 Å². The summed E-state index contributed by atoms with van der Waals surface area (Å²) in [5, 5.41) is 5.89. The van der Waals surface area contributed by atoms with E-state index in [4.69, 9.17) is 0 Å². The molecule has 0 nitrogen and oxygen atoms in total. The molecule has 0 N–H and O–H groups in total. The molecule has 0 unspecified atom stereocenters. The van der Waals surface area contributed by atoms with E-state index < -0.39 is 0 Å². The summed E-state index contributed by atoms with van der Waals surface area (Å²) in [5.74, 6) is 0. The molecular weight excluding hydrogens is 574 g/mol. The number of hydrogen-bond donors (Lipinski definition) is 0. The summed E-state index contributed by atoms with van der Waals surface area (Å²) < 4.78 is 0. The van der Waals surface area contributed by atoms with E-state index in [1.54, 1.807) is 0 Å². The summed E-state index contributed by atoms with van der Waals surface area (Å²) >= 11 is 0. The van der Waals surface area contributed by atoms with Crippen LogP contribution in [0.5, 0.6) is 0 Å². The molecule has 0 radical (unpaired) electrons. The fourth-order valence-corrected chi connectivity index (χ4v) is 9.61. The van der Waals surface area contributed by atoms with Crippen LogP contribution in [0.2, 0.25) is 0 Å². The number of rotatable bonds is 10. The first-order chi connectivity index (χ1) is 19.9. The van der Waals surface area contributed by atoms with Crippen LogP contribution in [-0.4, -0.2) is 12.3 Å². The molecule has 212 valence electrons. The minimum absolute atomic E-state index is 0. The maximum Gasteiger partial charge on any atom is 0 e. The fourth-order valence-electron chi connectivity index (χ4n) is 4.89. The molecule has 0 atom stereocenters. The van der Waals surface area contributed by atoms with Gasteiger partial charge in [-0.2, -0.15) is 17.7 Å². The van der Waals surface area contributed by atoms with Gasteiger partial charge in [-0.05, 0) is 43.2 Å². The molecule has 0 heterocycles. The average molecular weight is 610 g/mol. The van der Waals surface area contributed by atoms with Gasteiger partial charge in [-0.3, -0.25) is 0 Å². The van der Waals surface area contributed by atoms with Gasteiger partial charge in [-0.1, -0.05) is 134 Å². The minimum atomic E-state index is -0.256. The van der Waals surface area contributed by atoms with Crippen molar-refractivity contribution in [3.05, 3.63) is 181 Å². The monoisotopic (exact) mass is 610 g/mol. The molecule has 0 fully saturated rings. The summed E-state index contributed by atoms with van der Waals surface area (Å²) in [5.41, 5.74) is 2.90. The second-order valence-corrected chi connectivity index (χ2v) is 14.4. The van der Waals surface area contributed by atoms with Gasteiger partial charge in [0.2, 0.25) is 0 Å². The van der Waals surface area contributed by atoms with Gasteiger partial charge >= 0.3 is 0 Å². The van der Waals surface area contributed by atoms with Crippen molar-refractivity contribution in [2.24, 2.45) is 0 Å². The molecule has 6 rings (SSSR count). The van der Waals surface area contributed by atoms with Crippen molar-refractivity contribution >= 4 is 37.1 Å². The third-order valence-electron chi connectivity index (χ3n) is 6.98. The second kappa shape index (κ2) is 17.0. The second-order valence-electron chi connectivity index (χ2n) is 9.73. The Kier molecular flexibility index (Phi) is 12.8. The van der Waals surface area contributed by atoms with E-state index in [1.165, 1.54) is 44.7 Å². The van der Waals surface area contributed by atoms with E-state index in [-0.39, 0.29) is 32.9 Å². The SMILES string of the molecule is [Fe].c1ccc(P(CC[c-]2[cH-][cH-][cH-][cH-]2)c2ccccc2)cc1.c1ccc(P(CC[c-]2cccc2)c2ccccc2)cc1. The largest absolute Gasteiger partial charge is 0.748 e. The summed E-state index contributed by atoms with van der Waals surface area (Å²) in [4.78, 5) is 0. The molecule has 0 saturated carbocycles. The van der Waals surface area contributed by atoms with Crippen LogP contribution in [0.15, 0.2) is 170 Å². The van der Waals surface area contributed by atoms with Crippen LogP contribution in [0.4, 0.5) is 0 Å². The minimum Gasteiger partial charge on any atom is -0.748 e. The van der Waals surface area contributed by atoms with Crippen molar-refractivity contribution in [1.29, 1.82) is 0 Å². The zero-order valence-corrected chi connectivity index (χ0v) is 26.1. The molecule has 0 amide bonds. The topological polar surface area (TPSA) is 0 Å². The van der Waals surface area contributed by atoms with E-state index >= 15 is 0 Å². The van der Waals surface area contributed by atoms with Crippen molar-refractivity contribution in [2.45, 2.75) is 12.8 Å². The Bertz CT molecular complexity index is 1270. The normalized spacial score (nSPS) is 10.6. The number of benzene rings is 4. The molecule has 0 aliphatic heterocycles. The third-order valence-corrected chi connectivity index (χ3v) is 12.0. The molecule has 0 bridgehead atoms. The van der Waals surface area contributed by atoms with Gasteiger partial charge in [-0.25, -0.2) is 18.6 Å². The fraction of sp³-hybridized carbons (Fsp3) is 0.105. The Morgan fingerprint density at radius 2 is 0.780 bits per heavy atom. The predicted octanol–water partition coefficient (Wildman–Crippen LogP) is 8.16. The van der Waals surface area contributed by atoms with Gasteiger partial charge in [-0.15, -0.1) is 0 Å². The van der Waals surface area contributed by atoms with Crippen LogP contribution in [0.3, 0.4) is 0 Å². The maximum atomic E-state index is 2.27. The van der Waals surface area contributed by atoms with Crippen molar-refractivity contribution in [3.63, 3.8) is 0 Å². The van der Waals surface area contributed by atoms with E-state index in [0.717, 1.165) is 12.8 Å². The Hall–Kier alpha value is -3.04. The van der Waals surface area contributed by atoms with Crippen LogP contribution >= 0.6 is 15.8 Å². The Morgan fingerprint density at radius 3 is 1.15 bits per heavy atom. The first-order valence-electron chi connectivity index (χ1n) is 14.0. The number of aryl methyl sites for hydroxylation is 2. The third kappa shape index (κ3) is 9.50. The predicted molar refractivity (Wildman–Crippen MR) is 179 cm³/mol. The van der Waals surface area contributed by atoms with Crippen molar-refractivity contribution in [2.75, 3.05) is 12.3 Å². The van der Waals surface area contributed by atoms with Crippen molar-refractivity contribution < 1.29 is 17.1 Å². The molecule has 6 aromatic rings. The molecule has 6 aromatic carbocycles. The Morgan fingerprint density at radius 1 is 0.439 bits per heavy atom. The van der Waals surface area contributed by atoms with Crippen molar-refractivity contribution in [3.8, 4) is 0 Å². The van der Waals surface area contributed by atoms with Gasteiger partial charge in [0.05, 0.1) is 0 Å². The summed E-state index contributed by atoms with van der Waals surface area (Å²) in [6, 6.07) is 61.1. The molecule has 3 heteroatoms. The molecule has 0 aromatic heterocycles. The summed E-state index contributed by atoms with van der Waals surface area (Å²) in [6.07, 6.45) is 4.74. The molecular formula is C38H36FeP2-6. The van der Waals surface area contributed by atoms with E-state index in [2.05, 4.69) is 170 Å². The first kappa shape index (κ1) is 30.9. The Balaban J connectivity index is 0.000000184. The van der Waals surface area contributed by atoms with Crippen LogP contribution in [-0.2, 0) is 29.9 Å². The molecule has 0 spiro atoms. The molecule has 0 saturated heterocycles. The van der Waals surface area contributed by atoms with Crippen LogP contribution < -0.4 is 21.2 Å². The van der Waals surface area contributed by atoms with Gasteiger partial charge in [0.25, 0.3) is 0 Å². The first-order valence-corrected chi connectivity index (χ1v) is 17.1. The zero-order chi connectivity index (χ0) is 27.2. The van der Waals surface area contributed by atoms with Gasteiger partial charge < -0.3 is 29.8 Å². The van der Waals surface area contributed by atoms with Crippen molar-refractivity contribution in [1.82, 2.24) is 0 Å². The molecule has 41 heavy (non-hydrogen) atoms. The zero-order valence-electron chi connectivity index (χ0n) is 23.2. The number of hydrogen-bond acceptors (Lipinski definition) is 0. The van der Waals surface area contributed by atoms with Gasteiger partial charge in [0, 0.05) is 17.1 Å². The summed E-state index contributed by atoms with van der Waals surface area (Å²) in [6.45, 7) is 0. The Labute approximate surface area is 259 Å². The standard InChI is InChI=1S/2C19H18P.Fe/c2*1-3-11-18(12-4-1)20(19-13-5-2-6-14-19)16-15-17-9-7-8-10-17;/h2*1-14H,15-16H2;/q-5;-1;. The molecule has 0 aliphatic carbocycles. The average Bonchev–Trinajstić information content (AvgIpc) is 3.75. The van der Waals surface area contributed by atoms with E-state index in [9.17, 15) is 0 Å². The van der Waals surface area contributed by atoms with Gasteiger partial charge in [0.1, 0.15) is 0 Å². The van der Waals surface area contributed by atoms with E-state index in [1.807, 2.05) is 0 Å². The van der Waals surface area contributed by atoms with Crippen LogP contribution in [0, 0.1) is 0 Å². The van der Waals surface area contributed by atoms with Crippen LogP contribution in [0.25, 0.3) is 0 Å². The smallest absolute Gasteiger partial charge is 0 e. The molecule has 0 aliphatic rings. The maximum absolute atomic E-state index is 2.27. The quantitative estimate of drug-likeness (QED) is 0.0835. The van der Waals surface area contributed by atoms with Gasteiger partial charge in [0.15, 0.2) is 0 Å².